The van der Waals surface area contributed by atoms with Crippen LogP contribution in [0.25, 0.3) is 0 Å². The minimum absolute atomic E-state index is 0.365. The van der Waals surface area contributed by atoms with Crippen molar-refractivity contribution in [2.75, 3.05) is 29.9 Å². The zero-order valence-electron chi connectivity index (χ0n) is 13.0. The van der Waals surface area contributed by atoms with Gasteiger partial charge in [-0.3, -0.25) is 0 Å². The van der Waals surface area contributed by atoms with Crippen LogP contribution in [0.15, 0.2) is 41.3 Å². The van der Waals surface area contributed by atoms with Crippen molar-refractivity contribution < 1.29 is 0 Å². The number of nitriles is 1. The van der Waals surface area contributed by atoms with E-state index in [9.17, 15) is 5.26 Å². The number of hydrogen-bond acceptors (Lipinski definition) is 5. The average molecular weight is 372 g/mol. The molecule has 2 heterocycles. The average Bonchev–Trinajstić information content (AvgIpc) is 2.62. The van der Waals surface area contributed by atoms with Gasteiger partial charge in [-0.05, 0) is 37.1 Å². The number of nitrogens with zero attached hydrogens (tertiary/aromatic N) is 5. The Morgan fingerprint density at radius 1 is 1.39 bits per heavy atom. The van der Waals surface area contributed by atoms with Crippen LogP contribution in [0, 0.1) is 11.3 Å². The summed E-state index contributed by atoms with van der Waals surface area (Å²) in [6.45, 7) is 1.85. The molecule has 1 fully saturated rings. The third kappa shape index (κ3) is 3.45. The monoisotopic (exact) mass is 371 g/mol. The SMILES string of the molecule is CN(c1ccncn1)C1CCCN(c2cc(Br)ccc2C#N)C1. The fraction of sp³-hybridized carbons (Fsp3) is 0.353. The molecule has 0 N–H and O–H groups in total. The quantitative estimate of drug-likeness (QED) is 0.828. The highest BCUT2D eigenvalue weighted by Crippen LogP contribution is 2.29. The first-order valence-electron chi connectivity index (χ1n) is 7.62. The maximum absolute atomic E-state index is 9.37. The molecule has 1 saturated heterocycles. The molecular weight excluding hydrogens is 354 g/mol. The summed E-state index contributed by atoms with van der Waals surface area (Å²) in [5.74, 6) is 0.932. The molecule has 0 aliphatic carbocycles. The van der Waals surface area contributed by atoms with Gasteiger partial charge in [0.2, 0.25) is 0 Å². The lowest BCUT2D eigenvalue weighted by Gasteiger charge is -2.39. The summed E-state index contributed by atoms with van der Waals surface area (Å²) >= 11 is 3.51. The van der Waals surface area contributed by atoms with Gasteiger partial charge in [-0.1, -0.05) is 15.9 Å². The second kappa shape index (κ2) is 6.97. The zero-order chi connectivity index (χ0) is 16.2. The molecule has 1 aliphatic rings. The summed E-state index contributed by atoms with van der Waals surface area (Å²) in [5.41, 5.74) is 1.72. The number of hydrogen-bond donors (Lipinski definition) is 0. The van der Waals surface area contributed by atoms with Gasteiger partial charge >= 0.3 is 0 Å². The molecule has 0 spiro atoms. The number of aromatic nitrogens is 2. The summed E-state index contributed by atoms with van der Waals surface area (Å²) < 4.78 is 0.998. The van der Waals surface area contributed by atoms with E-state index >= 15 is 0 Å². The van der Waals surface area contributed by atoms with Crippen molar-refractivity contribution in [3.05, 3.63) is 46.8 Å². The van der Waals surface area contributed by atoms with Crippen LogP contribution >= 0.6 is 15.9 Å². The van der Waals surface area contributed by atoms with E-state index in [2.05, 4.69) is 48.8 Å². The van der Waals surface area contributed by atoms with E-state index in [1.807, 2.05) is 24.3 Å². The molecule has 118 valence electrons. The first-order chi connectivity index (χ1) is 11.2. The van der Waals surface area contributed by atoms with Gasteiger partial charge in [0.05, 0.1) is 11.3 Å². The van der Waals surface area contributed by atoms with Crippen molar-refractivity contribution in [2.45, 2.75) is 18.9 Å². The summed E-state index contributed by atoms with van der Waals surface area (Å²) in [7, 11) is 2.07. The lowest BCUT2D eigenvalue weighted by Crippen LogP contribution is -2.47. The fourth-order valence-electron chi connectivity index (χ4n) is 3.03. The van der Waals surface area contributed by atoms with Gasteiger partial charge in [0.1, 0.15) is 18.2 Å². The largest absolute Gasteiger partial charge is 0.368 e. The van der Waals surface area contributed by atoms with Crippen LogP contribution in [-0.4, -0.2) is 36.1 Å². The molecule has 1 unspecified atom stereocenters. The van der Waals surface area contributed by atoms with Crippen molar-refractivity contribution in [1.29, 1.82) is 5.26 Å². The number of benzene rings is 1. The molecule has 1 aromatic carbocycles. The number of likely N-dealkylation sites (N-methyl/N-ethyl adjacent to an activating group) is 1. The Bertz CT molecular complexity index is 713. The minimum atomic E-state index is 0.365. The molecule has 0 amide bonds. The Morgan fingerprint density at radius 3 is 3.00 bits per heavy atom. The molecule has 1 aliphatic heterocycles. The standard InChI is InChI=1S/C17H18BrN5/c1-22(17-6-7-20-12-21-17)15-3-2-8-23(11-15)16-9-14(18)5-4-13(16)10-19/h4-7,9,12,15H,2-3,8,11H2,1H3. The number of rotatable bonds is 3. The molecule has 0 radical (unpaired) electrons. The van der Waals surface area contributed by atoms with Crippen molar-refractivity contribution in [3.63, 3.8) is 0 Å². The molecule has 0 bridgehead atoms. The summed E-state index contributed by atoms with van der Waals surface area (Å²) in [6.07, 6.45) is 5.56. The summed E-state index contributed by atoms with van der Waals surface area (Å²) in [4.78, 5) is 12.8. The van der Waals surface area contributed by atoms with Crippen LogP contribution in [0.1, 0.15) is 18.4 Å². The Hall–Kier alpha value is -2.13. The molecule has 5 nitrogen and oxygen atoms in total. The van der Waals surface area contributed by atoms with E-state index in [-0.39, 0.29) is 0 Å². The minimum Gasteiger partial charge on any atom is -0.368 e. The molecule has 3 rings (SSSR count). The molecule has 1 atom stereocenters. The third-order valence-corrected chi connectivity index (χ3v) is 4.79. The predicted octanol–water partition coefficient (Wildman–Crippen LogP) is 3.22. The Balaban J connectivity index is 1.82. The summed E-state index contributed by atoms with van der Waals surface area (Å²) in [5, 5.41) is 9.37. The van der Waals surface area contributed by atoms with Gasteiger partial charge in [0.25, 0.3) is 0 Å². The summed E-state index contributed by atoms with van der Waals surface area (Å²) in [6, 6.07) is 10.4. The fourth-order valence-corrected chi connectivity index (χ4v) is 3.38. The van der Waals surface area contributed by atoms with Gasteiger partial charge in [0.15, 0.2) is 0 Å². The van der Waals surface area contributed by atoms with Crippen LogP contribution in [0.5, 0.6) is 0 Å². The molecule has 1 aromatic heterocycles. The lowest BCUT2D eigenvalue weighted by molar-refractivity contribution is 0.485. The number of piperidine rings is 1. The van der Waals surface area contributed by atoms with E-state index < -0.39 is 0 Å². The zero-order valence-corrected chi connectivity index (χ0v) is 14.6. The van der Waals surface area contributed by atoms with Gasteiger partial charge in [-0.25, -0.2) is 9.97 Å². The molecule has 23 heavy (non-hydrogen) atoms. The van der Waals surface area contributed by atoms with Crippen LogP contribution in [-0.2, 0) is 0 Å². The smallest absolute Gasteiger partial charge is 0.131 e. The highest BCUT2D eigenvalue weighted by atomic mass is 79.9. The van der Waals surface area contributed by atoms with Gasteiger partial charge < -0.3 is 9.80 Å². The van der Waals surface area contributed by atoms with Crippen molar-refractivity contribution in [3.8, 4) is 6.07 Å². The molecular formula is C17H18BrN5. The van der Waals surface area contributed by atoms with E-state index in [0.29, 0.717) is 6.04 Å². The molecule has 2 aromatic rings. The predicted molar refractivity (Wildman–Crippen MR) is 94.5 cm³/mol. The number of anilines is 2. The number of halogens is 1. The topological polar surface area (TPSA) is 56.1 Å². The first-order valence-corrected chi connectivity index (χ1v) is 8.42. The third-order valence-electron chi connectivity index (χ3n) is 4.29. The van der Waals surface area contributed by atoms with Crippen molar-refractivity contribution in [2.24, 2.45) is 0 Å². The van der Waals surface area contributed by atoms with Crippen LogP contribution in [0.3, 0.4) is 0 Å². The van der Waals surface area contributed by atoms with Crippen LogP contribution < -0.4 is 9.80 Å². The van der Waals surface area contributed by atoms with Gasteiger partial charge in [-0.15, -0.1) is 0 Å². The Kier molecular flexibility index (Phi) is 4.77. The maximum Gasteiger partial charge on any atom is 0.131 e. The Labute approximate surface area is 144 Å². The molecule has 6 heteroatoms. The van der Waals surface area contributed by atoms with Gasteiger partial charge in [-0.2, -0.15) is 5.26 Å². The van der Waals surface area contributed by atoms with Crippen LogP contribution in [0.4, 0.5) is 11.5 Å². The van der Waals surface area contributed by atoms with E-state index in [1.165, 1.54) is 0 Å². The molecule has 0 saturated carbocycles. The highest BCUT2D eigenvalue weighted by molar-refractivity contribution is 9.10. The van der Waals surface area contributed by atoms with E-state index in [0.717, 1.165) is 47.5 Å². The van der Waals surface area contributed by atoms with Crippen molar-refractivity contribution >= 4 is 27.4 Å². The Morgan fingerprint density at radius 2 is 2.26 bits per heavy atom. The van der Waals surface area contributed by atoms with Crippen molar-refractivity contribution in [1.82, 2.24) is 9.97 Å². The lowest BCUT2D eigenvalue weighted by atomic mass is 10.0. The maximum atomic E-state index is 9.37. The normalized spacial score (nSPS) is 17.6. The van der Waals surface area contributed by atoms with E-state index in [1.54, 1.807) is 12.5 Å². The van der Waals surface area contributed by atoms with E-state index in [4.69, 9.17) is 0 Å². The first kappa shape index (κ1) is 15.8. The van der Waals surface area contributed by atoms with Gasteiger partial charge in [0, 0.05) is 36.8 Å². The van der Waals surface area contributed by atoms with Crippen LogP contribution in [0.2, 0.25) is 0 Å². The second-order valence-electron chi connectivity index (χ2n) is 5.69. The highest BCUT2D eigenvalue weighted by Gasteiger charge is 2.25. The second-order valence-corrected chi connectivity index (χ2v) is 6.61.